The molecule has 3 aliphatic rings. The number of hydrogen-bond acceptors (Lipinski definition) is 5. The summed E-state index contributed by atoms with van der Waals surface area (Å²) in [5.41, 5.74) is 4.50. The number of carbonyl (C=O) groups excluding carboxylic acids is 1. The van der Waals surface area contributed by atoms with E-state index in [9.17, 15) is 4.79 Å². The third-order valence-corrected chi connectivity index (χ3v) is 9.59. The van der Waals surface area contributed by atoms with Crippen LogP contribution < -0.4 is 0 Å². The van der Waals surface area contributed by atoms with E-state index < -0.39 is 0 Å². The van der Waals surface area contributed by atoms with Crippen molar-refractivity contribution in [3.63, 3.8) is 0 Å². The molecule has 36 heavy (non-hydrogen) atoms. The van der Waals surface area contributed by atoms with E-state index in [1.54, 1.807) is 11.3 Å². The van der Waals surface area contributed by atoms with Crippen LogP contribution in [0.3, 0.4) is 0 Å². The summed E-state index contributed by atoms with van der Waals surface area (Å²) in [6.07, 6.45) is 11.4. The first kappa shape index (κ1) is 25.9. The molecule has 1 aliphatic carbocycles. The summed E-state index contributed by atoms with van der Waals surface area (Å²) in [5, 5.41) is 3.31. The molecule has 1 saturated carbocycles. The van der Waals surface area contributed by atoms with Gasteiger partial charge in [-0.25, -0.2) is 4.98 Å². The fourth-order valence-corrected chi connectivity index (χ4v) is 7.12. The fraction of sp³-hybridized carbons (Fsp3) is 0.667. The molecular formula is C30H42N2O3S. The van der Waals surface area contributed by atoms with Gasteiger partial charge >= 0.3 is 0 Å². The highest BCUT2D eigenvalue weighted by molar-refractivity contribution is 7.09. The summed E-state index contributed by atoms with van der Waals surface area (Å²) >= 11 is 1.73. The van der Waals surface area contributed by atoms with Crippen molar-refractivity contribution in [3.8, 4) is 0 Å². The second-order valence-electron chi connectivity index (χ2n) is 11.2. The number of piperidine rings is 1. The molecule has 0 radical (unpaired) electrons. The number of ether oxygens (including phenoxy) is 2. The van der Waals surface area contributed by atoms with E-state index in [1.807, 2.05) is 4.90 Å². The average Bonchev–Trinajstić information content (AvgIpc) is 3.33. The Labute approximate surface area is 220 Å². The van der Waals surface area contributed by atoms with Gasteiger partial charge in [0.05, 0.1) is 24.6 Å². The Bertz CT molecular complexity index is 995. The summed E-state index contributed by atoms with van der Waals surface area (Å²) in [5.74, 6) is 1.90. The number of fused-ring (bicyclic) bond motifs is 1. The number of amides is 1. The monoisotopic (exact) mass is 510 g/mol. The van der Waals surface area contributed by atoms with Crippen molar-refractivity contribution in [2.75, 3.05) is 26.3 Å². The van der Waals surface area contributed by atoms with E-state index in [0.717, 1.165) is 50.4 Å². The molecule has 2 aliphatic heterocycles. The van der Waals surface area contributed by atoms with E-state index in [4.69, 9.17) is 14.5 Å². The summed E-state index contributed by atoms with van der Waals surface area (Å²) in [7, 11) is 0. The van der Waals surface area contributed by atoms with Gasteiger partial charge < -0.3 is 14.4 Å². The lowest BCUT2D eigenvalue weighted by Gasteiger charge is -2.31. The molecule has 1 amide bonds. The predicted octanol–water partition coefficient (Wildman–Crippen LogP) is 6.73. The lowest BCUT2D eigenvalue weighted by Crippen LogP contribution is -2.38. The number of hydrogen-bond donors (Lipinski definition) is 0. The largest absolute Gasteiger partial charge is 0.347 e. The Morgan fingerprint density at radius 1 is 0.972 bits per heavy atom. The van der Waals surface area contributed by atoms with Gasteiger partial charge in [0, 0.05) is 24.4 Å². The predicted molar refractivity (Wildman–Crippen MR) is 144 cm³/mol. The number of nitrogens with zero attached hydrogens (tertiary/aromatic N) is 2. The van der Waals surface area contributed by atoms with Gasteiger partial charge in [-0.3, -0.25) is 4.79 Å². The van der Waals surface area contributed by atoms with Gasteiger partial charge in [-0.15, -0.1) is 11.3 Å². The van der Waals surface area contributed by atoms with Gasteiger partial charge in [-0.2, -0.15) is 0 Å². The van der Waals surface area contributed by atoms with E-state index in [-0.39, 0.29) is 12.2 Å². The number of likely N-dealkylation sites (tertiary alicyclic amines) is 1. The number of carbonyl (C=O) groups is 1. The van der Waals surface area contributed by atoms with Crippen LogP contribution >= 0.6 is 11.3 Å². The lowest BCUT2D eigenvalue weighted by molar-refractivity contribution is -0.136. The van der Waals surface area contributed by atoms with Crippen molar-refractivity contribution in [2.45, 2.75) is 90.3 Å². The van der Waals surface area contributed by atoms with E-state index in [1.165, 1.54) is 61.1 Å². The van der Waals surface area contributed by atoms with Gasteiger partial charge in [0.2, 0.25) is 12.2 Å². The summed E-state index contributed by atoms with van der Waals surface area (Å²) in [6.45, 7) is 7.38. The lowest BCUT2D eigenvalue weighted by atomic mass is 9.86. The maximum atomic E-state index is 13.0. The first-order chi connectivity index (χ1) is 17.6. The number of aryl methyl sites for hydroxylation is 2. The Morgan fingerprint density at radius 2 is 1.64 bits per heavy atom. The second-order valence-corrected chi connectivity index (χ2v) is 12.1. The van der Waals surface area contributed by atoms with Crippen molar-refractivity contribution in [3.05, 3.63) is 51.0 Å². The van der Waals surface area contributed by atoms with Crippen LogP contribution in [-0.4, -0.2) is 42.1 Å². The summed E-state index contributed by atoms with van der Waals surface area (Å²) < 4.78 is 12.6. The number of thiazole rings is 1. The van der Waals surface area contributed by atoms with Crippen LogP contribution in [0.15, 0.2) is 23.6 Å². The van der Waals surface area contributed by atoms with Crippen molar-refractivity contribution >= 4 is 17.2 Å². The molecule has 1 aromatic heterocycles. The second kappa shape index (κ2) is 12.2. The first-order valence-electron chi connectivity index (χ1n) is 14.1. The smallest absolute Gasteiger partial charge is 0.227 e. The fourth-order valence-electron chi connectivity index (χ4n) is 6.13. The Hall–Kier alpha value is -1.76. The van der Waals surface area contributed by atoms with Crippen molar-refractivity contribution in [1.82, 2.24) is 9.88 Å². The van der Waals surface area contributed by atoms with Crippen LogP contribution in [0.4, 0.5) is 0 Å². The maximum absolute atomic E-state index is 13.0. The van der Waals surface area contributed by atoms with Crippen molar-refractivity contribution < 1.29 is 14.3 Å². The number of rotatable bonds is 4. The minimum atomic E-state index is -0.329. The Morgan fingerprint density at radius 3 is 2.33 bits per heavy atom. The highest BCUT2D eigenvalue weighted by Crippen LogP contribution is 2.36. The third kappa shape index (κ3) is 6.38. The van der Waals surface area contributed by atoms with Crippen LogP contribution in [0.5, 0.6) is 0 Å². The average molecular weight is 511 g/mol. The highest BCUT2D eigenvalue weighted by Gasteiger charge is 2.31. The standard InChI is InChI=1S/C30H42N2O3S/c1-21-10-11-22(2)26(16-21)17-28(33)32-14-12-23(13-15-32)29-31-27(20-36-29)30-34-18-24-8-6-4-3-5-7-9-25(24)19-35-30/h10-11,16,20,23-25,30H,3-9,12-15,17-19H2,1-2H3. The zero-order valence-electron chi connectivity index (χ0n) is 22.0. The van der Waals surface area contributed by atoms with Crippen LogP contribution in [0.1, 0.15) is 97.4 Å². The Balaban J connectivity index is 1.14. The molecular weight excluding hydrogens is 468 g/mol. The maximum Gasteiger partial charge on any atom is 0.227 e. The molecule has 0 spiro atoms. The molecule has 6 heteroatoms. The molecule has 2 saturated heterocycles. The molecule has 0 N–H and O–H groups in total. The van der Waals surface area contributed by atoms with Gasteiger partial charge in [-0.05, 0) is 62.5 Å². The highest BCUT2D eigenvalue weighted by atomic mass is 32.1. The number of benzene rings is 1. The molecule has 1 aromatic carbocycles. The van der Waals surface area contributed by atoms with Gasteiger partial charge in [-0.1, -0.05) is 55.9 Å². The first-order valence-corrected chi connectivity index (χ1v) is 15.0. The minimum absolute atomic E-state index is 0.242. The topological polar surface area (TPSA) is 51.7 Å². The molecule has 2 aromatic rings. The quantitative estimate of drug-likeness (QED) is 0.458. The molecule has 3 heterocycles. The van der Waals surface area contributed by atoms with Gasteiger partial charge in [0.1, 0.15) is 5.69 Å². The normalized spacial score (nSPS) is 26.4. The number of aromatic nitrogens is 1. The van der Waals surface area contributed by atoms with E-state index in [2.05, 4.69) is 37.4 Å². The molecule has 2 atom stereocenters. The van der Waals surface area contributed by atoms with Crippen molar-refractivity contribution in [2.24, 2.45) is 11.8 Å². The molecule has 0 bridgehead atoms. The summed E-state index contributed by atoms with van der Waals surface area (Å²) in [6, 6.07) is 6.37. The zero-order chi connectivity index (χ0) is 24.9. The molecule has 196 valence electrons. The zero-order valence-corrected chi connectivity index (χ0v) is 22.9. The minimum Gasteiger partial charge on any atom is -0.347 e. The molecule has 2 unspecified atom stereocenters. The SMILES string of the molecule is Cc1ccc(C)c(CC(=O)N2CCC(c3nc(C4OCC5CCCCCCCC5CO4)cs3)CC2)c1. The van der Waals surface area contributed by atoms with E-state index in [0.29, 0.717) is 24.2 Å². The van der Waals surface area contributed by atoms with Crippen LogP contribution in [0.25, 0.3) is 0 Å². The summed E-state index contributed by atoms with van der Waals surface area (Å²) in [4.78, 5) is 20.0. The molecule has 3 fully saturated rings. The Kier molecular flexibility index (Phi) is 8.76. The third-order valence-electron chi connectivity index (χ3n) is 8.56. The van der Waals surface area contributed by atoms with Gasteiger partial charge in [0.25, 0.3) is 0 Å². The molecule has 5 nitrogen and oxygen atoms in total. The van der Waals surface area contributed by atoms with Crippen LogP contribution in [0.2, 0.25) is 0 Å². The van der Waals surface area contributed by atoms with Crippen molar-refractivity contribution in [1.29, 1.82) is 0 Å². The molecule has 5 rings (SSSR count). The van der Waals surface area contributed by atoms with E-state index >= 15 is 0 Å². The van der Waals surface area contributed by atoms with Crippen LogP contribution in [-0.2, 0) is 20.7 Å². The van der Waals surface area contributed by atoms with Gasteiger partial charge in [0.15, 0.2) is 0 Å². The van der Waals surface area contributed by atoms with Crippen LogP contribution in [0, 0.1) is 25.7 Å².